The van der Waals surface area contributed by atoms with Gasteiger partial charge >= 0.3 is 5.97 Å². The molecule has 0 saturated carbocycles. The second-order valence-corrected chi connectivity index (χ2v) is 3.25. The second kappa shape index (κ2) is 4.22. The number of amides is 1. The van der Waals surface area contributed by atoms with Gasteiger partial charge in [-0.2, -0.15) is 0 Å². The van der Waals surface area contributed by atoms with E-state index in [1.54, 1.807) is 0 Å². The van der Waals surface area contributed by atoms with Gasteiger partial charge in [0.15, 0.2) is 5.69 Å². The monoisotopic (exact) mass is 229 g/mol. The van der Waals surface area contributed by atoms with Crippen molar-refractivity contribution in [2.75, 3.05) is 14.1 Å². The Morgan fingerprint density at radius 3 is 2.33 bits per heavy atom. The van der Waals surface area contributed by atoms with Gasteiger partial charge in [0.2, 0.25) is 5.28 Å². The summed E-state index contributed by atoms with van der Waals surface area (Å²) in [7, 11) is 3.05. The van der Waals surface area contributed by atoms with Crippen LogP contribution in [0.2, 0.25) is 5.28 Å². The van der Waals surface area contributed by atoms with Crippen molar-refractivity contribution in [3.63, 3.8) is 0 Å². The van der Waals surface area contributed by atoms with Crippen LogP contribution < -0.4 is 0 Å². The van der Waals surface area contributed by atoms with Gasteiger partial charge in [0.1, 0.15) is 5.69 Å². The summed E-state index contributed by atoms with van der Waals surface area (Å²) in [5, 5.41) is 8.42. The van der Waals surface area contributed by atoms with Crippen LogP contribution in [0.15, 0.2) is 6.07 Å². The molecule has 0 spiro atoms. The fourth-order valence-electron chi connectivity index (χ4n) is 0.866. The number of hydrogen-bond acceptors (Lipinski definition) is 4. The highest BCUT2D eigenvalue weighted by Crippen LogP contribution is 2.07. The summed E-state index contributed by atoms with van der Waals surface area (Å²) in [6, 6.07) is 1.08. The second-order valence-electron chi connectivity index (χ2n) is 2.91. The average molecular weight is 230 g/mol. The van der Waals surface area contributed by atoms with Gasteiger partial charge in [-0.3, -0.25) is 4.79 Å². The first-order valence-electron chi connectivity index (χ1n) is 3.91. The van der Waals surface area contributed by atoms with E-state index in [2.05, 4.69) is 9.97 Å². The molecule has 0 aliphatic rings. The maximum absolute atomic E-state index is 11.5. The number of carboxylic acid groups (broad SMARTS) is 1. The minimum absolute atomic E-state index is 0.0441. The number of nitrogens with zero attached hydrogens (tertiary/aromatic N) is 3. The van der Waals surface area contributed by atoms with Crippen molar-refractivity contribution in [2.24, 2.45) is 0 Å². The zero-order valence-electron chi connectivity index (χ0n) is 8.06. The summed E-state index contributed by atoms with van der Waals surface area (Å²) in [6.07, 6.45) is 0. The van der Waals surface area contributed by atoms with Crippen LogP contribution in [-0.4, -0.2) is 45.9 Å². The molecule has 0 saturated heterocycles. The van der Waals surface area contributed by atoms with Crippen molar-refractivity contribution < 1.29 is 14.7 Å². The number of aromatic nitrogens is 2. The number of rotatable bonds is 2. The van der Waals surface area contributed by atoms with E-state index in [-0.39, 0.29) is 16.7 Å². The third-order valence-electron chi connectivity index (χ3n) is 1.54. The molecule has 1 aromatic heterocycles. The highest BCUT2D eigenvalue weighted by molar-refractivity contribution is 6.28. The molecule has 6 nitrogen and oxygen atoms in total. The average Bonchev–Trinajstić information content (AvgIpc) is 2.15. The number of carbonyl (C=O) groups is 2. The summed E-state index contributed by atoms with van der Waals surface area (Å²) >= 11 is 5.49. The zero-order chi connectivity index (χ0) is 11.6. The molecule has 0 aliphatic heterocycles. The van der Waals surface area contributed by atoms with E-state index >= 15 is 0 Å². The van der Waals surface area contributed by atoms with E-state index in [9.17, 15) is 9.59 Å². The molecule has 0 aromatic carbocycles. The number of carboxylic acids is 1. The topological polar surface area (TPSA) is 83.4 Å². The van der Waals surface area contributed by atoms with Gasteiger partial charge in [0.25, 0.3) is 5.91 Å². The lowest BCUT2D eigenvalue weighted by molar-refractivity contribution is 0.0690. The predicted octanol–water partition coefficient (Wildman–Crippen LogP) is 0.530. The van der Waals surface area contributed by atoms with E-state index < -0.39 is 11.9 Å². The van der Waals surface area contributed by atoms with Crippen LogP contribution in [0, 0.1) is 0 Å². The Morgan fingerprint density at radius 2 is 1.87 bits per heavy atom. The van der Waals surface area contributed by atoms with Crippen LogP contribution >= 0.6 is 11.6 Å². The van der Waals surface area contributed by atoms with Crippen molar-refractivity contribution >= 4 is 23.5 Å². The maximum Gasteiger partial charge on any atom is 0.354 e. The van der Waals surface area contributed by atoms with Gasteiger partial charge < -0.3 is 10.0 Å². The van der Waals surface area contributed by atoms with E-state index in [0.717, 1.165) is 6.07 Å². The van der Waals surface area contributed by atoms with Crippen LogP contribution in [0.5, 0.6) is 0 Å². The Bertz CT molecular complexity index is 420. The maximum atomic E-state index is 11.5. The summed E-state index contributed by atoms with van der Waals surface area (Å²) in [6.45, 7) is 0. The molecule has 80 valence electrons. The van der Waals surface area contributed by atoms with Crippen molar-refractivity contribution in [3.8, 4) is 0 Å². The van der Waals surface area contributed by atoms with Gasteiger partial charge in [0, 0.05) is 20.2 Å². The van der Waals surface area contributed by atoms with Crippen molar-refractivity contribution in [3.05, 3.63) is 22.7 Å². The van der Waals surface area contributed by atoms with E-state index in [0.29, 0.717) is 0 Å². The van der Waals surface area contributed by atoms with Gasteiger partial charge in [-0.25, -0.2) is 14.8 Å². The van der Waals surface area contributed by atoms with Crippen LogP contribution in [0.1, 0.15) is 21.0 Å². The molecule has 0 aliphatic carbocycles. The van der Waals surface area contributed by atoms with Gasteiger partial charge in [-0.05, 0) is 11.6 Å². The van der Waals surface area contributed by atoms with E-state index in [4.69, 9.17) is 16.7 Å². The molecule has 0 bridgehead atoms. The molecular weight excluding hydrogens is 222 g/mol. The molecular formula is C8H8ClN3O3. The van der Waals surface area contributed by atoms with E-state index in [1.165, 1.54) is 19.0 Å². The van der Waals surface area contributed by atoms with E-state index in [1.807, 2.05) is 0 Å². The van der Waals surface area contributed by atoms with Gasteiger partial charge in [-0.15, -0.1) is 0 Å². The van der Waals surface area contributed by atoms with Gasteiger partial charge in [-0.1, -0.05) is 0 Å². The Balaban J connectivity index is 3.20. The largest absolute Gasteiger partial charge is 0.477 e. The SMILES string of the molecule is CN(C)C(=O)c1cc(C(=O)O)nc(Cl)n1. The van der Waals surface area contributed by atoms with Gasteiger partial charge in [0.05, 0.1) is 0 Å². The minimum Gasteiger partial charge on any atom is -0.477 e. The predicted molar refractivity (Wildman–Crippen MR) is 52.0 cm³/mol. The molecule has 0 atom stereocenters. The van der Waals surface area contributed by atoms with Crippen LogP contribution in [0.4, 0.5) is 0 Å². The standard InChI is InChI=1S/C8H8ClN3O3/c1-12(2)6(13)4-3-5(7(14)15)11-8(9)10-4/h3H,1-2H3,(H,14,15). The molecule has 0 fully saturated rings. The fourth-order valence-corrected chi connectivity index (χ4v) is 1.05. The third kappa shape index (κ3) is 2.63. The first-order chi connectivity index (χ1) is 6.91. The molecule has 1 N–H and O–H groups in total. The Morgan fingerprint density at radius 1 is 1.33 bits per heavy atom. The summed E-state index contributed by atoms with van der Waals surface area (Å²) in [4.78, 5) is 30.4. The first-order valence-corrected chi connectivity index (χ1v) is 4.29. The van der Waals surface area contributed by atoms with Crippen molar-refractivity contribution in [1.29, 1.82) is 0 Å². The fraction of sp³-hybridized carbons (Fsp3) is 0.250. The summed E-state index contributed by atoms with van der Waals surface area (Å²) in [5.41, 5.74) is -0.349. The quantitative estimate of drug-likeness (QED) is 0.748. The Labute approximate surface area is 90.5 Å². The summed E-state index contributed by atoms with van der Waals surface area (Å²) in [5.74, 6) is -1.69. The number of aromatic carboxylic acids is 1. The number of hydrogen-bond donors (Lipinski definition) is 1. The highest BCUT2D eigenvalue weighted by atomic mass is 35.5. The molecule has 15 heavy (non-hydrogen) atoms. The zero-order valence-corrected chi connectivity index (χ0v) is 8.82. The van der Waals surface area contributed by atoms with Crippen molar-refractivity contribution in [2.45, 2.75) is 0 Å². The van der Waals surface area contributed by atoms with Crippen LogP contribution in [-0.2, 0) is 0 Å². The normalized spacial score (nSPS) is 9.80. The Kier molecular flexibility index (Phi) is 3.21. The van der Waals surface area contributed by atoms with Crippen LogP contribution in [0.3, 0.4) is 0 Å². The molecule has 1 rings (SSSR count). The third-order valence-corrected chi connectivity index (χ3v) is 1.71. The minimum atomic E-state index is -1.26. The molecule has 0 radical (unpaired) electrons. The summed E-state index contributed by atoms with van der Waals surface area (Å²) < 4.78 is 0. The highest BCUT2D eigenvalue weighted by Gasteiger charge is 2.15. The van der Waals surface area contributed by atoms with Crippen LogP contribution in [0.25, 0.3) is 0 Å². The molecule has 1 aromatic rings. The Hall–Kier alpha value is -1.69. The number of halogens is 1. The molecule has 1 amide bonds. The smallest absolute Gasteiger partial charge is 0.354 e. The lowest BCUT2D eigenvalue weighted by atomic mass is 10.3. The lowest BCUT2D eigenvalue weighted by Gasteiger charge is -2.09. The molecule has 1 heterocycles. The number of carbonyl (C=O) groups excluding carboxylic acids is 1. The lowest BCUT2D eigenvalue weighted by Crippen LogP contribution is -2.23. The first kappa shape index (κ1) is 11.4. The molecule has 0 unspecified atom stereocenters. The molecule has 7 heteroatoms. The van der Waals surface area contributed by atoms with Crippen molar-refractivity contribution in [1.82, 2.24) is 14.9 Å².